The molecule has 27 heavy (non-hydrogen) atoms. The summed E-state index contributed by atoms with van der Waals surface area (Å²) in [7, 11) is -3.69. The Kier molecular flexibility index (Phi) is 6.90. The summed E-state index contributed by atoms with van der Waals surface area (Å²) in [4.78, 5) is 12.0. The topological polar surface area (TPSA) is 66.5 Å². The molecule has 5 nitrogen and oxygen atoms in total. The number of halogens is 2. The van der Waals surface area contributed by atoms with Crippen molar-refractivity contribution < 1.29 is 22.0 Å². The van der Waals surface area contributed by atoms with Gasteiger partial charge in [-0.15, -0.1) is 0 Å². The minimum absolute atomic E-state index is 0.0120. The zero-order valence-corrected chi connectivity index (χ0v) is 16.0. The van der Waals surface area contributed by atoms with Crippen LogP contribution >= 0.6 is 0 Å². The normalized spacial score (nSPS) is 11.3. The van der Waals surface area contributed by atoms with E-state index in [1.54, 1.807) is 0 Å². The lowest BCUT2D eigenvalue weighted by Gasteiger charge is -2.22. The SMILES string of the molecule is Cc1ccc(CNC(=O)CCCN(c2ccc(F)c(F)c2)S(C)(=O)=O)cc1. The largest absolute Gasteiger partial charge is 0.352 e. The van der Waals surface area contributed by atoms with Crippen LogP contribution in [0.1, 0.15) is 24.0 Å². The van der Waals surface area contributed by atoms with E-state index in [2.05, 4.69) is 5.32 Å². The minimum Gasteiger partial charge on any atom is -0.352 e. The van der Waals surface area contributed by atoms with Crippen LogP contribution in [0.5, 0.6) is 0 Å². The predicted octanol–water partition coefficient (Wildman–Crippen LogP) is 3.14. The molecule has 0 unspecified atom stereocenters. The molecule has 1 N–H and O–H groups in total. The molecule has 2 rings (SSSR count). The van der Waals surface area contributed by atoms with Crippen molar-refractivity contribution >= 4 is 21.6 Å². The van der Waals surface area contributed by atoms with Crippen molar-refractivity contribution in [1.82, 2.24) is 5.32 Å². The number of aryl methyl sites for hydroxylation is 1. The monoisotopic (exact) mass is 396 g/mol. The maximum absolute atomic E-state index is 13.4. The van der Waals surface area contributed by atoms with Gasteiger partial charge in [-0.3, -0.25) is 9.10 Å². The fourth-order valence-corrected chi connectivity index (χ4v) is 3.46. The van der Waals surface area contributed by atoms with Crippen molar-refractivity contribution in [1.29, 1.82) is 0 Å². The molecule has 8 heteroatoms. The van der Waals surface area contributed by atoms with Crippen molar-refractivity contribution in [2.45, 2.75) is 26.3 Å². The van der Waals surface area contributed by atoms with Crippen LogP contribution in [-0.2, 0) is 21.4 Å². The number of amides is 1. The number of carbonyl (C=O) groups is 1. The molecule has 0 spiro atoms. The first-order valence-electron chi connectivity index (χ1n) is 8.42. The molecule has 2 aromatic carbocycles. The Bertz CT molecular complexity index is 900. The van der Waals surface area contributed by atoms with E-state index < -0.39 is 21.7 Å². The van der Waals surface area contributed by atoms with Gasteiger partial charge in [0.1, 0.15) is 0 Å². The van der Waals surface area contributed by atoms with Crippen LogP contribution in [-0.4, -0.2) is 27.1 Å². The summed E-state index contributed by atoms with van der Waals surface area (Å²) >= 11 is 0. The fraction of sp³-hybridized carbons (Fsp3) is 0.316. The van der Waals surface area contributed by atoms with Crippen molar-refractivity contribution in [2.75, 3.05) is 17.1 Å². The van der Waals surface area contributed by atoms with E-state index in [0.29, 0.717) is 6.54 Å². The predicted molar refractivity (Wildman–Crippen MR) is 101 cm³/mol. The molecule has 0 heterocycles. The van der Waals surface area contributed by atoms with Gasteiger partial charge in [0.15, 0.2) is 11.6 Å². The molecular formula is C19H22F2N2O3S. The van der Waals surface area contributed by atoms with Gasteiger partial charge in [-0.05, 0) is 31.0 Å². The first kappa shape index (κ1) is 20.8. The van der Waals surface area contributed by atoms with Crippen molar-refractivity contribution in [3.63, 3.8) is 0 Å². The number of nitrogens with one attached hydrogen (secondary N) is 1. The molecule has 0 aromatic heterocycles. The van der Waals surface area contributed by atoms with Gasteiger partial charge in [0, 0.05) is 25.6 Å². The van der Waals surface area contributed by atoms with Crippen LogP contribution in [0.3, 0.4) is 0 Å². The maximum Gasteiger partial charge on any atom is 0.232 e. The Morgan fingerprint density at radius 1 is 1.07 bits per heavy atom. The Labute approximate surface area is 158 Å². The third-order valence-corrected chi connectivity index (χ3v) is 5.16. The third kappa shape index (κ3) is 6.32. The molecule has 0 saturated heterocycles. The number of hydrogen-bond acceptors (Lipinski definition) is 3. The van der Waals surface area contributed by atoms with Gasteiger partial charge in [-0.2, -0.15) is 0 Å². The van der Waals surface area contributed by atoms with Gasteiger partial charge in [0.25, 0.3) is 0 Å². The summed E-state index contributed by atoms with van der Waals surface area (Å²) in [6.07, 6.45) is 1.33. The third-order valence-electron chi connectivity index (χ3n) is 3.97. The van der Waals surface area contributed by atoms with E-state index in [1.807, 2.05) is 31.2 Å². The van der Waals surface area contributed by atoms with Crippen LogP contribution in [0.4, 0.5) is 14.5 Å². The van der Waals surface area contributed by atoms with Gasteiger partial charge in [-0.1, -0.05) is 29.8 Å². The second-order valence-electron chi connectivity index (χ2n) is 6.30. The quantitative estimate of drug-likeness (QED) is 0.746. The fourth-order valence-electron chi connectivity index (χ4n) is 2.50. The standard InChI is InChI=1S/C19H22F2N2O3S/c1-14-5-7-15(8-6-14)13-22-19(24)4-3-11-23(27(2,25)26)16-9-10-17(20)18(21)12-16/h5-10,12H,3-4,11,13H2,1-2H3,(H,22,24). The van der Waals surface area contributed by atoms with Gasteiger partial charge in [0.2, 0.25) is 15.9 Å². The highest BCUT2D eigenvalue weighted by molar-refractivity contribution is 7.92. The number of anilines is 1. The van der Waals surface area contributed by atoms with Crippen molar-refractivity contribution in [2.24, 2.45) is 0 Å². The van der Waals surface area contributed by atoms with Gasteiger partial charge < -0.3 is 5.32 Å². The first-order valence-corrected chi connectivity index (χ1v) is 10.3. The zero-order valence-electron chi connectivity index (χ0n) is 15.2. The molecule has 0 aliphatic carbocycles. The highest BCUT2D eigenvalue weighted by Crippen LogP contribution is 2.21. The number of carbonyl (C=O) groups excluding carboxylic acids is 1. The summed E-state index contributed by atoms with van der Waals surface area (Å²) in [6, 6.07) is 10.6. The average molecular weight is 396 g/mol. The Morgan fingerprint density at radius 3 is 2.33 bits per heavy atom. The molecule has 0 atom stereocenters. The van der Waals surface area contributed by atoms with Gasteiger partial charge in [0.05, 0.1) is 11.9 Å². The Balaban J connectivity index is 1.90. The minimum atomic E-state index is -3.69. The van der Waals surface area contributed by atoms with E-state index in [-0.39, 0.29) is 31.0 Å². The summed E-state index contributed by atoms with van der Waals surface area (Å²) in [5.74, 6) is -2.39. The number of rotatable bonds is 8. The molecule has 146 valence electrons. The summed E-state index contributed by atoms with van der Waals surface area (Å²) in [6.45, 7) is 2.35. The van der Waals surface area contributed by atoms with E-state index in [9.17, 15) is 22.0 Å². The van der Waals surface area contributed by atoms with Crippen molar-refractivity contribution in [3.05, 3.63) is 65.2 Å². The lowest BCUT2D eigenvalue weighted by atomic mass is 10.1. The van der Waals surface area contributed by atoms with Gasteiger partial charge >= 0.3 is 0 Å². The molecule has 0 saturated carbocycles. The molecule has 0 bridgehead atoms. The second-order valence-corrected chi connectivity index (χ2v) is 8.21. The summed E-state index contributed by atoms with van der Waals surface area (Å²) < 4.78 is 51.3. The molecule has 2 aromatic rings. The molecule has 0 radical (unpaired) electrons. The van der Waals surface area contributed by atoms with Gasteiger partial charge in [-0.25, -0.2) is 17.2 Å². The van der Waals surface area contributed by atoms with Crippen LogP contribution in [0.25, 0.3) is 0 Å². The highest BCUT2D eigenvalue weighted by atomic mass is 32.2. The van der Waals surface area contributed by atoms with E-state index in [0.717, 1.165) is 33.8 Å². The van der Waals surface area contributed by atoms with Crippen LogP contribution in [0.15, 0.2) is 42.5 Å². The number of benzene rings is 2. The zero-order chi connectivity index (χ0) is 20.0. The van der Waals surface area contributed by atoms with Crippen molar-refractivity contribution in [3.8, 4) is 0 Å². The first-order chi connectivity index (χ1) is 12.7. The number of sulfonamides is 1. The molecule has 0 aliphatic heterocycles. The van der Waals surface area contributed by atoms with E-state index in [4.69, 9.17) is 0 Å². The highest BCUT2D eigenvalue weighted by Gasteiger charge is 2.19. The molecule has 1 amide bonds. The lowest BCUT2D eigenvalue weighted by molar-refractivity contribution is -0.121. The summed E-state index contributed by atoms with van der Waals surface area (Å²) in [5, 5.41) is 2.77. The molecule has 0 fully saturated rings. The van der Waals surface area contributed by atoms with E-state index >= 15 is 0 Å². The molecule has 0 aliphatic rings. The smallest absolute Gasteiger partial charge is 0.232 e. The number of nitrogens with zero attached hydrogens (tertiary/aromatic N) is 1. The second kappa shape index (κ2) is 8.94. The lowest BCUT2D eigenvalue weighted by Crippen LogP contribution is -2.32. The van der Waals surface area contributed by atoms with Crippen LogP contribution in [0, 0.1) is 18.6 Å². The molecular weight excluding hydrogens is 374 g/mol. The summed E-state index contributed by atoms with van der Waals surface area (Å²) in [5.41, 5.74) is 2.12. The Hall–Kier alpha value is -2.48. The van der Waals surface area contributed by atoms with Crippen LogP contribution < -0.4 is 9.62 Å². The number of hydrogen-bond donors (Lipinski definition) is 1. The van der Waals surface area contributed by atoms with Crippen LogP contribution in [0.2, 0.25) is 0 Å². The maximum atomic E-state index is 13.4. The average Bonchev–Trinajstić information content (AvgIpc) is 2.60. The Morgan fingerprint density at radius 2 is 1.74 bits per heavy atom. The van der Waals surface area contributed by atoms with E-state index in [1.165, 1.54) is 6.07 Å².